The average Bonchev–Trinajstić information content (AvgIpc) is 3.25. The van der Waals surface area contributed by atoms with E-state index in [9.17, 15) is 9.90 Å². The van der Waals surface area contributed by atoms with Gasteiger partial charge < -0.3 is 29.1 Å². The predicted molar refractivity (Wildman–Crippen MR) is 153 cm³/mol. The molecule has 2 aromatic rings. The molecule has 0 saturated carbocycles. The van der Waals surface area contributed by atoms with E-state index >= 15 is 4.39 Å². The van der Waals surface area contributed by atoms with Gasteiger partial charge in [-0.05, 0) is 48.9 Å². The molecule has 2 aliphatic rings. The molecule has 2 heterocycles. The number of Topliss-reactive ketones (excluding diaryl/α,β-unsaturated/α-hetero) is 1. The average molecular weight is 607 g/mol. The van der Waals surface area contributed by atoms with Crippen molar-refractivity contribution in [1.29, 1.82) is 0 Å². The Morgan fingerprint density at radius 1 is 1.15 bits per heavy atom. The molecule has 0 radical (unpaired) electrons. The van der Waals surface area contributed by atoms with Gasteiger partial charge in [0.15, 0.2) is 23.1 Å². The molecular weight excluding hydrogens is 569 g/mol. The zero-order valence-corrected chi connectivity index (χ0v) is 25.0. The third-order valence-corrected chi connectivity index (χ3v) is 7.62. The molecule has 0 unspecified atom stereocenters. The molecule has 2 aromatic carbocycles. The van der Waals surface area contributed by atoms with Crippen molar-refractivity contribution in [2.45, 2.75) is 58.6 Å². The molecule has 0 atom stereocenters. The first-order chi connectivity index (χ1) is 18.5. The maximum Gasteiger partial charge on any atom is 0.197 e. The van der Waals surface area contributed by atoms with Crippen molar-refractivity contribution >= 4 is 33.5 Å². The Labute approximate surface area is 238 Å². The van der Waals surface area contributed by atoms with E-state index in [2.05, 4.69) is 45.8 Å². The van der Waals surface area contributed by atoms with E-state index in [0.717, 1.165) is 17.0 Å². The first-order valence-electron chi connectivity index (χ1n) is 13.2. The number of carbonyl (C=O) groups excluding carboxylic acids is 1. The molecule has 0 amide bonds. The molecule has 1 fully saturated rings. The van der Waals surface area contributed by atoms with Crippen molar-refractivity contribution in [3.63, 3.8) is 0 Å². The van der Waals surface area contributed by atoms with Gasteiger partial charge in [0.05, 0.1) is 60.9 Å². The Hall–Kier alpha value is -2.85. The number of methoxy groups -OCH3 is 2. The molecule has 0 aliphatic carbocycles. The summed E-state index contributed by atoms with van der Waals surface area (Å²) in [4.78, 5) is 17.7. The van der Waals surface area contributed by atoms with Crippen LogP contribution in [0, 0.1) is 5.82 Å². The lowest BCUT2D eigenvalue weighted by Gasteiger charge is -2.35. The number of piperidine rings is 1. The van der Waals surface area contributed by atoms with Crippen molar-refractivity contribution in [2.24, 2.45) is 4.02 Å². The van der Waals surface area contributed by atoms with Gasteiger partial charge in [-0.3, -0.25) is 4.79 Å². The van der Waals surface area contributed by atoms with Crippen LogP contribution in [0.15, 0.2) is 22.2 Å². The molecule has 1 N–H and O–H groups in total. The van der Waals surface area contributed by atoms with Crippen LogP contribution < -0.4 is 19.1 Å². The summed E-state index contributed by atoms with van der Waals surface area (Å²) in [5.41, 5.74) is 2.98. The van der Waals surface area contributed by atoms with Gasteiger partial charge in [0.2, 0.25) is 0 Å². The minimum Gasteiger partial charge on any atom is -0.494 e. The molecule has 2 aliphatic heterocycles. The predicted octanol–water partition coefficient (Wildman–Crippen LogP) is 5.26. The Kier molecular flexibility index (Phi) is 8.75. The summed E-state index contributed by atoms with van der Waals surface area (Å²) < 4.78 is 36.5. The van der Waals surface area contributed by atoms with Crippen LogP contribution in [0.25, 0.3) is 0 Å². The number of hydrogen-bond donors (Lipinski definition) is 1. The standard InChI is InChI=1S/C29H37BrFN3O5/c1-7-39-23-14-18-15-34(28(32-30)24(18)25(31)27(23)38-6)16-22(36)17-12-20(29(2,3)4)26(37-5)21(13-17)33-10-8-19(35)9-11-33/h12-14,19,35H,7-11,15-16H2,1-6H3. The fourth-order valence-electron chi connectivity index (χ4n) is 5.30. The van der Waals surface area contributed by atoms with Crippen LogP contribution >= 0.6 is 16.1 Å². The quantitative estimate of drug-likeness (QED) is 0.411. The van der Waals surface area contributed by atoms with Crippen LogP contribution in [0.1, 0.15) is 67.6 Å². The van der Waals surface area contributed by atoms with E-state index < -0.39 is 5.82 Å². The van der Waals surface area contributed by atoms with E-state index in [1.165, 1.54) is 7.11 Å². The highest BCUT2D eigenvalue weighted by atomic mass is 79.9. The van der Waals surface area contributed by atoms with Gasteiger partial charge in [-0.25, -0.2) is 4.39 Å². The number of fused-ring (bicyclic) bond motifs is 1. The minimum atomic E-state index is -0.569. The number of ketones is 1. The van der Waals surface area contributed by atoms with Gasteiger partial charge in [-0.2, -0.15) is 4.02 Å². The molecule has 0 aromatic heterocycles. The number of carbonyl (C=O) groups is 1. The fraction of sp³-hybridized carbons (Fsp3) is 0.517. The first-order valence-corrected chi connectivity index (χ1v) is 13.9. The third kappa shape index (κ3) is 5.72. The largest absolute Gasteiger partial charge is 0.494 e. The lowest BCUT2D eigenvalue weighted by Crippen LogP contribution is -2.36. The second-order valence-electron chi connectivity index (χ2n) is 10.9. The molecule has 10 heteroatoms. The summed E-state index contributed by atoms with van der Waals surface area (Å²) in [5.74, 6) is 0.704. The number of hydrogen-bond acceptors (Lipinski definition) is 7. The summed E-state index contributed by atoms with van der Waals surface area (Å²) in [6.45, 7) is 10.1. The van der Waals surface area contributed by atoms with E-state index in [-0.39, 0.29) is 35.2 Å². The maximum atomic E-state index is 15.5. The first kappa shape index (κ1) is 29.1. The molecule has 212 valence electrons. The number of aliphatic hydroxyl groups is 1. The highest BCUT2D eigenvalue weighted by Crippen LogP contribution is 2.42. The summed E-state index contributed by atoms with van der Waals surface area (Å²) >= 11 is 3.14. The van der Waals surface area contributed by atoms with Crippen molar-refractivity contribution < 1.29 is 28.5 Å². The van der Waals surface area contributed by atoms with Gasteiger partial charge in [-0.15, -0.1) is 0 Å². The van der Waals surface area contributed by atoms with Gasteiger partial charge in [0, 0.05) is 30.8 Å². The number of halogens is 2. The Bertz CT molecular complexity index is 1270. The van der Waals surface area contributed by atoms with Gasteiger partial charge in [0.1, 0.15) is 11.6 Å². The van der Waals surface area contributed by atoms with E-state index in [1.807, 2.05) is 19.1 Å². The number of anilines is 1. The second kappa shape index (κ2) is 11.7. The van der Waals surface area contributed by atoms with E-state index in [4.69, 9.17) is 14.2 Å². The number of ether oxygens (including phenoxy) is 3. The number of aliphatic hydroxyl groups excluding tert-OH is 1. The van der Waals surface area contributed by atoms with Crippen LogP contribution in [0.3, 0.4) is 0 Å². The van der Waals surface area contributed by atoms with Crippen LogP contribution in [-0.4, -0.2) is 68.2 Å². The van der Waals surface area contributed by atoms with E-state index in [1.54, 1.807) is 18.1 Å². The lowest BCUT2D eigenvalue weighted by atomic mass is 9.84. The SMILES string of the molecule is CCOc1cc2c(c(F)c1OC)C(=NBr)N(CC(=O)c1cc(N3CCC(O)CC3)c(OC)c(C(C)(C)C)c1)C2. The molecule has 1 saturated heterocycles. The van der Waals surface area contributed by atoms with Crippen LogP contribution in [0.5, 0.6) is 17.2 Å². The Morgan fingerprint density at radius 3 is 2.38 bits per heavy atom. The topological polar surface area (TPSA) is 83.8 Å². The lowest BCUT2D eigenvalue weighted by molar-refractivity contribution is 0.0962. The molecule has 4 rings (SSSR count). The van der Waals surface area contributed by atoms with Crippen molar-refractivity contribution in [3.05, 3.63) is 46.3 Å². The Morgan fingerprint density at radius 2 is 1.82 bits per heavy atom. The number of nitrogens with zero attached hydrogens (tertiary/aromatic N) is 3. The molecule has 8 nitrogen and oxygen atoms in total. The zero-order valence-electron chi connectivity index (χ0n) is 23.4. The molecular formula is C29H37BrFN3O5. The number of benzene rings is 2. The molecule has 0 spiro atoms. The third-order valence-electron chi connectivity index (χ3n) is 7.28. The van der Waals surface area contributed by atoms with Crippen molar-refractivity contribution in [2.75, 3.05) is 45.4 Å². The summed E-state index contributed by atoms with van der Waals surface area (Å²) in [6, 6.07) is 5.52. The van der Waals surface area contributed by atoms with Crippen molar-refractivity contribution in [3.8, 4) is 17.2 Å². The van der Waals surface area contributed by atoms with Crippen LogP contribution in [0.2, 0.25) is 0 Å². The van der Waals surface area contributed by atoms with Gasteiger partial charge >= 0.3 is 0 Å². The van der Waals surface area contributed by atoms with Crippen LogP contribution in [-0.2, 0) is 12.0 Å². The second-order valence-corrected chi connectivity index (χ2v) is 11.3. The van der Waals surface area contributed by atoms with E-state index in [0.29, 0.717) is 61.8 Å². The van der Waals surface area contributed by atoms with Gasteiger partial charge in [-0.1, -0.05) is 20.8 Å². The summed E-state index contributed by atoms with van der Waals surface area (Å²) in [6.07, 6.45) is 0.990. The monoisotopic (exact) mass is 605 g/mol. The van der Waals surface area contributed by atoms with Crippen molar-refractivity contribution in [1.82, 2.24) is 4.90 Å². The van der Waals surface area contributed by atoms with Gasteiger partial charge in [0.25, 0.3) is 0 Å². The molecule has 39 heavy (non-hydrogen) atoms. The maximum absolute atomic E-state index is 15.5. The normalized spacial score (nSPS) is 17.0. The highest BCUT2D eigenvalue weighted by Gasteiger charge is 2.35. The Balaban J connectivity index is 1.70. The fourth-order valence-corrected chi connectivity index (χ4v) is 5.70. The summed E-state index contributed by atoms with van der Waals surface area (Å²) in [7, 11) is 3.04. The summed E-state index contributed by atoms with van der Waals surface area (Å²) in [5, 5.41) is 10.0. The zero-order chi connectivity index (χ0) is 28.5. The highest BCUT2D eigenvalue weighted by molar-refractivity contribution is 9.08. The molecule has 0 bridgehead atoms. The number of rotatable bonds is 8. The number of amidine groups is 1. The minimum absolute atomic E-state index is 0.00109. The smallest absolute Gasteiger partial charge is 0.197 e. The van der Waals surface area contributed by atoms with Crippen LogP contribution in [0.4, 0.5) is 10.1 Å².